The zero-order valence-corrected chi connectivity index (χ0v) is 13.4. The fourth-order valence-electron chi connectivity index (χ4n) is 1.95. The van der Waals surface area contributed by atoms with Crippen LogP contribution in [0.15, 0.2) is 23.6 Å². The third kappa shape index (κ3) is 3.72. The largest absolute Gasteiger partial charge is 0.497 e. The Labute approximate surface area is 128 Å². The van der Waals surface area contributed by atoms with Gasteiger partial charge in [0, 0.05) is 24.1 Å². The van der Waals surface area contributed by atoms with E-state index < -0.39 is 0 Å². The molecule has 1 aromatic heterocycles. The second-order valence-electron chi connectivity index (χ2n) is 4.62. The van der Waals surface area contributed by atoms with Crippen LogP contribution in [0.1, 0.15) is 21.1 Å². The van der Waals surface area contributed by atoms with Crippen molar-refractivity contribution in [3.05, 3.63) is 39.8 Å². The molecule has 0 unspecified atom stereocenters. The van der Waals surface area contributed by atoms with Crippen LogP contribution < -0.4 is 9.47 Å². The summed E-state index contributed by atoms with van der Waals surface area (Å²) in [5.74, 6) is 1.09. The molecule has 0 aliphatic carbocycles. The molecule has 5 nitrogen and oxygen atoms in total. The number of aromatic nitrogens is 1. The van der Waals surface area contributed by atoms with Crippen molar-refractivity contribution >= 4 is 17.2 Å². The van der Waals surface area contributed by atoms with Crippen molar-refractivity contribution in [3.63, 3.8) is 0 Å². The minimum atomic E-state index is -0.0992. The number of rotatable bonds is 5. The van der Waals surface area contributed by atoms with Gasteiger partial charge in [0.2, 0.25) is 0 Å². The van der Waals surface area contributed by atoms with Gasteiger partial charge in [0.1, 0.15) is 11.5 Å². The van der Waals surface area contributed by atoms with E-state index in [0.29, 0.717) is 23.6 Å². The van der Waals surface area contributed by atoms with E-state index in [2.05, 4.69) is 4.98 Å². The molecular formula is C15H18N2O3S. The van der Waals surface area contributed by atoms with Gasteiger partial charge in [0.05, 0.1) is 31.5 Å². The lowest BCUT2D eigenvalue weighted by molar-refractivity contribution is 0.0783. The topological polar surface area (TPSA) is 51.7 Å². The van der Waals surface area contributed by atoms with Crippen LogP contribution in [0.2, 0.25) is 0 Å². The van der Waals surface area contributed by atoms with Gasteiger partial charge in [-0.2, -0.15) is 0 Å². The highest BCUT2D eigenvalue weighted by molar-refractivity contribution is 7.09. The summed E-state index contributed by atoms with van der Waals surface area (Å²) >= 11 is 1.58. The van der Waals surface area contributed by atoms with Gasteiger partial charge < -0.3 is 14.4 Å². The first-order valence-electron chi connectivity index (χ1n) is 6.43. The Kier molecular flexibility index (Phi) is 4.80. The van der Waals surface area contributed by atoms with E-state index >= 15 is 0 Å². The monoisotopic (exact) mass is 306 g/mol. The van der Waals surface area contributed by atoms with Crippen molar-refractivity contribution in [1.82, 2.24) is 9.88 Å². The molecule has 21 heavy (non-hydrogen) atoms. The van der Waals surface area contributed by atoms with Crippen LogP contribution >= 0.6 is 11.3 Å². The van der Waals surface area contributed by atoms with Crippen LogP contribution in [0.3, 0.4) is 0 Å². The van der Waals surface area contributed by atoms with Gasteiger partial charge in [0.15, 0.2) is 0 Å². The summed E-state index contributed by atoms with van der Waals surface area (Å²) in [6, 6.07) is 5.14. The Hall–Kier alpha value is -2.08. The smallest absolute Gasteiger partial charge is 0.254 e. The third-order valence-corrected chi connectivity index (χ3v) is 3.83. The van der Waals surface area contributed by atoms with Gasteiger partial charge in [-0.15, -0.1) is 11.3 Å². The minimum absolute atomic E-state index is 0.0992. The number of benzene rings is 1. The number of carbonyl (C=O) groups excluding carboxylic acids is 1. The Balaban J connectivity index is 2.18. The predicted octanol–water partition coefficient (Wildman–Crippen LogP) is 2.74. The van der Waals surface area contributed by atoms with E-state index in [0.717, 1.165) is 10.7 Å². The first-order chi connectivity index (χ1) is 10.0. The van der Waals surface area contributed by atoms with E-state index in [1.807, 2.05) is 12.3 Å². The maximum Gasteiger partial charge on any atom is 0.254 e. The number of ether oxygens (including phenoxy) is 2. The number of carbonyl (C=O) groups is 1. The van der Waals surface area contributed by atoms with Crippen molar-refractivity contribution in [2.45, 2.75) is 13.5 Å². The Morgan fingerprint density at radius 3 is 2.33 bits per heavy atom. The predicted molar refractivity (Wildman–Crippen MR) is 82.2 cm³/mol. The number of amides is 1. The molecular weight excluding hydrogens is 288 g/mol. The van der Waals surface area contributed by atoms with Crippen LogP contribution in [-0.2, 0) is 6.54 Å². The average molecular weight is 306 g/mol. The number of hydrogen-bond donors (Lipinski definition) is 0. The minimum Gasteiger partial charge on any atom is -0.497 e. The summed E-state index contributed by atoms with van der Waals surface area (Å²) in [4.78, 5) is 18.5. The lowest BCUT2D eigenvalue weighted by Gasteiger charge is -2.17. The molecule has 0 aliphatic heterocycles. The highest BCUT2D eigenvalue weighted by atomic mass is 32.1. The maximum atomic E-state index is 12.5. The SMILES string of the molecule is COc1cc(OC)cc(C(=O)N(C)Cc2csc(C)n2)c1. The van der Waals surface area contributed by atoms with Crippen LogP contribution in [0, 0.1) is 6.92 Å². The number of methoxy groups -OCH3 is 2. The number of hydrogen-bond acceptors (Lipinski definition) is 5. The van der Waals surface area contributed by atoms with Crippen molar-refractivity contribution in [2.75, 3.05) is 21.3 Å². The highest BCUT2D eigenvalue weighted by Gasteiger charge is 2.15. The van der Waals surface area contributed by atoms with Gasteiger partial charge in [-0.05, 0) is 19.1 Å². The Morgan fingerprint density at radius 1 is 1.24 bits per heavy atom. The van der Waals surface area contributed by atoms with Crippen molar-refractivity contribution in [1.29, 1.82) is 0 Å². The molecule has 0 aliphatic rings. The van der Waals surface area contributed by atoms with E-state index in [4.69, 9.17) is 9.47 Å². The third-order valence-electron chi connectivity index (χ3n) is 3.01. The summed E-state index contributed by atoms with van der Waals surface area (Å²) in [5, 5.41) is 2.96. The van der Waals surface area contributed by atoms with Gasteiger partial charge in [0.25, 0.3) is 5.91 Å². The Morgan fingerprint density at radius 2 is 1.86 bits per heavy atom. The lowest BCUT2D eigenvalue weighted by Crippen LogP contribution is -2.26. The highest BCUT2D eigenvalue weighted by Crippen LogP contribution is 2.23. The molecule has 0 spiro atoms. The van der Waals surface area contributed by atoms with Crippen LogP contribution in [0.5, 0.6) is 11.5 Å². The number of thiazole rings is 1. The molecule has 1 aromatic carbocycles. The van der Waals surface area contributed by atoms with E-state index in [-0.39, 0.29) is 5.91 Å². The van der Waals surface area contributed by atoms with Gasteiger partial charge in [-0.3, -0.25) is 4.79 Å². The fraction of sp³-hybridized carbons (Fsp3) is 0.333. The zero-order valence-electron chi connectivity index (χ0n) is 12.5. The van der Waals surface area contributed by atoms with Crippen LogP contribution in [-0.4, -0.2) is 37.1 Å². The molecule has 0 N–H and O–H groups in total. The molecule has 1 amide bonds. The normalized spacial score (nSPS) is 10.3. The van der Waals surface area contributed by atoms with Crippen molar-refractivity contribution in [2.24, 2.45) is 0 Å². The van der Waals surface area contributed by atoms with Gasteiger partial charge >= 0.3 is 0 Å². The second kappa shape index (κ2) is 6.58. The fourth-order valence-corrected chi connectivity index (χ4v) is 2.55. The van der Waals surface area contributed by atoms with Crippen LogP contribution in [0.25, 0.3) is 0 Å². The summed E-state index contributed by atoms with van der Waals surface area (Å²) in [6.07, 6.45) is 0. The average Bonchev–Trinajstić information content (AvgIpc) is 2.90. The maximum absolute atomic E-state index is 12.5. The summed E-state index contributed by atoms with van der Waals surface area (Å²) in [7, 11) is 4.87. The summed E-state index contributed by atoms with van der Waals surface area (Å²) in [5.41, 5.74) is 1.42. The second-order valence-corrected chi connectivity index (χ2v) is 5.68. The standard InChI is InChI=1S/C15H18N2O3S/c1-10-16-12(9-21-10)8-17(2)15(18)11-5-13(19-3)7-14(6-11)20-4/h5-7,9H,8H2,1-4H3. The first kappa shape index (κ1) is 15.3. The molecule has 0 fully saturated rings. The van der Waals surface area contributed by atoms with Crippen molar-refractivity contribution in [3.8, 4) is 11.5 Å². The Bertz CT molecular complexity index is 617. The molecule has 0 radical (unpaired) electrons. The zero-order chi connectivity index (χ0) is 15.4. The molecule has 0 atom stereocenters. The number of aryl methyl sites for hydroxylation is 1. The number of nitrogens with zero attached hydrogens (tertiary/aromatic N) is 2. The molecule has 6 heteroatoms. The van der Waals surface area contributed by atoms with E-state index in [1.54, 1.807) is 55.7 Å². The molecule has 2 rings (SSSR count). The van der Waals surface area contributed by atoms with Gasteiger partial charge in [-0.25, -0.2) is 4.98 Å². The quantitative estimate of drug-likeness (QED) is 0.852. The summed E-state index contributed by atoms with van der Waals surface area (Å²) in [6.45, 7) is 2.42. The first-order valence-corrected chi connectivity index (χ1v) is 7.31. The molecule has 1 heterocycles. The molecule has 0 saturated heterocycles. The van der Waals surface area contributed by atoms with Crippen molar-refractivity contribution < 1.29 is 14.3 Å². The van der Waals surface area contributed by atoms with E-state index in [1.165, 1.54) is 0 Å². The van der Waals surface area contributed by atoms with Crippen LogP contribution in [0.4, 0.5) is 0 Å². The molecule has 112 valence electrons. The summed E-state index contributed by atoms with van der Waals surface area (Å²) < 4.78 is 10.4. The lowest BCUT2D eigenvalue weighted by atomic mass is 10.1. The van der Waals surface area contributed by atoms with E-state index in [9.17, 15) is 4.79 Å². The molecule has 0 bridgehead atoms. The molecule has 0 saturated carbocycles. The molecule has 2 aromatic rings. The van der Waals surface area contributed by atoms with Gasteiger partial charge in [-0.1, -0.05) is 0 Å².